The zero-order valence-electron chi connectivity index (χ0n) is 12.1. The highest BCUT2D eigenvalue weighted by Crippen LogP contribution is 2.13. The summed E-state index contributed by atoms with van der Waals surface area (Å²) in [5.74, 6) is -0.356. The van der Waals surface area contributed by atoms with E-state index in [4.69, 9.17) is 9.47 Å². The fourth-order valence-electron chi connectivity index (χ4n) is 2.55. The van der Waals surface area contributed by atoms with Crippen LogP contribution in [0.15, 0.2) is 24.5 Å². The van der Waals surface area contributed by atoms with Crippen LogP contribution >= 0.6 is 0 Å². The van der Waals surface area contributed by atoms with Crippen molar-refractivity contribution in [2.75, 3.05) is 40.0 Å². The van der Waals surface area contributed by atoms with Crippen LogP contribution < -0.4 is 0 Å². The van der Waals surface area contributed by atoms with Crippen molar-refractivity contribution in [2.45, 2.75) is 6.42 Å². The number of hydrogen-bond donors (Lipinski definition) is 0. The number of methoxy groups -OCH3 is 1. The van der Waals surface area contributed by atoms with E-state index in [2.05, 4.69) is 9.88 Å². The third-order valence-electron chi connectivity index (χ3n) is 3.73. The van der Waals surface area contributed by atoms with Gasteiger partial charge in [0.05, 0.1) is 26.0 Å². The number of morpholine rings is 1. The highest BCUT2D eigenvalue weighted by Gasteiger charge is 2.14. The first kappa shape index (κ1) is 14.0. The molecule has 3 heterocycles. The normalized spacial score (nSPS) is 16.2. The van der Waals surface area contributed by atoms with Crippen molar-refractivity contribution in [3.8, 4) is 0 Å². The molecule has 0 spiro atoms. The van der Waals surface area contributed by atoms with Gasteiger partial charge in [0.1, 0.15) is 5.56 Å². The van der Waals surface area contributed by atoms with Gasteiger partial charge in [0, 0.05) is 38.4 Å². The molecule has 0 aliphatic carbocycles. The standard InChI is InChI=1S/C15H19N3O3/c1-20-15(19)13-3-2-5-18-11-12(16-14(13)18)4-6-17-7-9-21-10-8-17/h2-3,5,11H,4,6-10H2,1H3. The van der Waals surface area contributed by atoms with Crippen molar-refractivity contribution < 1.29 is 14.3 Å². The average Bonchev–Trinajstić information content (AvgIpc) is 2.96. The summed E-state index contributed by atoms with van der Waals surface area (Å²) < 4.78 is 12.0. The Labute approximate surface area is 123 Å². The van der Waals surface area contributed by atoms with Gasteiger partial charge in [-0.05, 0) is 12.1 Å². The van der Waals surface area contributed by atoms with Gasteiger partial charge in [-0.3, -0.25) is 4.90 Å². The second-order valence-corrected chi connectivity index (χ2v) is 5.08. The number of ether oxygens (including phenoxy) is 2. The highest BCUT2D eigenvalue weighted by atomic mass is 16.5. The second kappa shape index (κ2) is 6.24. The van der Waals surface area contributed by atoms with E-state index in [-0.39, 0.29) is 5.97 Å². The predicted octanol–water partition coefficient (Wildman–Crippen LogP) is 0.996. The minimum Gasteiger partial charge on any atom is -0.465 e. The molecule has 1 saturated heterocycles. The van der Waals surface area contributed by atoms with Gasteiger partial charge >= 0.3 is 5.97 Å². The van der Waals surface area contributed by atoms with Crippen molar-refractivity contribution in [2.24, 2.45) is 0 Å². The summed E-state index contributed by atoms with van der Waals surface area (Å²) in [6.45, 7) is 4.51. The number of hydrogen-bond acceptors (Lipinski definition) is 5. The van der Waals surface area contributed by atoms with Crippen molar-refractivity contribution >= 4 is 11.6 Å². The van der Waals surface area contributed by atoms with E-state index >= 15 is 0 Å². The molecular formula is C15H19N3O3. The fraction of sp³-hybridized carbons (Fsp3) is 0.467. The van der Waals surface area contributed by atoms with Crippen LogP contribution in [0.5, 0.6) is 0 Å². The summed E-state index contributed by atoms with van der Waals surface area (Å²) in [7, 11) is 1.38. The third kappa shape index (κ3) is 3.06. The second-order valence-electron chi connectivity index (χ2n) is 5.08. The van der Waals surface area contributed by atoms with E-state index < -0.39 is 0 Å². The molecule has 112 valence electrons. The monoisotopic (exact) mass is 289 g/mol. The lowest BCUT2D eigenvalue weighted by Crippen LogP contribution is -2.37. The summed E-state index contributed by atoms with van der Waals surface area (Å²) in [6.07, 6.45) is 4.73. The number of nitrogens with zero attached hydrogens (tertiary/aromatic N) is 3. The smallest absolute Gasteiger partial charge is 0.341 e. The summed E-state index contributed by atoms with van der Waals surface area (Å²) in [5.41, 5.74) is 2.14. The van der Waals surface area contributed by atoms with E-state index in [1.807, 2.05) is 22.9 Å². The number of rotatable bonds is 4. The molecule has 3 rings (SSSR count). The summed E-state index contributed by atoms with van der Waals surface area (Å²) in [4.78, 5) is 18.7. The number of carbonyl (C=O) groups excluding carboxylic acids is 1. The minimum absolute atomic E-state index is 0.356. The van der Waals surface area contributed by atoms with Gasteiger partial charge in [0.15, 0.2) is 5.65 Å². The average molecular weight is 289 g/mol. The molecule has 21 heavy (non-hydrogen) atoms. The lowest BCUT2D eigenvalue weighted by molar-refractivity contribution is 0.0383. The fourth-order valence-corrected chi connectivity index (χ4v) is 2.55. The van der Waals surface area contributed by atoms with Gasteiger partial charge < -0.3 is 13.9 Å². The topological polar surface area (TPSA) is 56.1 Å². The highest BCUT2D eigenvalue weighted by molar-refractivity contribution is 5.95. The lowest BCUT2D eigenvalue weighted by atomic mass is 10.3. The zero-order valence-corrected chi connectivity index (χ0v) is 12.1. The largest absolute Gasteiger partial charge is 0.465 e. The van der Waals surface area contributed by atoms with E-state index in [0.717, 1.165) is 45.0 Å². The Morgan fingerprint density at radius 1 is 1.43 bits per heavy atom. The Hall–Kier alpha value is -1.92. The van der Waals surface area contributed by atoms with E-state index in [9.17, 15) is 4.79 Å². The van der Waals surface area contributed by atoms with Crippen LogP contribution in [-0.4, -0.2) is 60.2 Å². The number of aromatic nitrogens is 2. The molecule has 0 radical (unpaired) electrons. The molecule has 1 aliphatic rings. The molecule has 1 aliphatic heterocycles. The molecule has 0 N–H and O–H groups in total. The van der Waals surface area contributed by atoms with Crippen molar-refractivity contribution in [1.29, 1.82) is 0 Å². The van der Waals surface area contributed by atoms with Gasteiger partial charge in [-0.1, -0.05) is 0 Å². The van der Waals surface area contributed by atoms with Crippen LogP contribution in [0, 0.1) is 0 Å². The number of fused-ring (bicyclic) bond motifs is 1. The maximum Gasteiger partial charge on any atom is 0.341 e. The summed E-state index contributed by atoms with van der Waals surface area (Å²) in [5, 5.41) is 0. The summed E-state index contributed by atoms with van der Waals surface area (Å²) in [6, 6.07) is 3.56. The zero-order chi connectivity index (χ0) is 14.7. The molecular weight excluding hydrogens is 270 g/mol. The van der Waals surface area contributed by atoms with Crippen LogP contribution in [0.3, 0.4) is 0 Å². The van der Waals surface area contributed by atoms with E-state index in [0.29, 0.717) is 11.2 Å². The quantitative estimate of drug-likeness (QED) is 0.786. The maximum absolute atomic E-state index is 11.7. The van der Waals surface area contributed by atoms with Crippen molar-refractivity contribution in [3.05, 3.63) is 35.8 Å². The Kier molecular flexibility index (Phi) is 4.17. The Balaban J connectivity index is 1.76. The predicted molar refractivity (Wildman–Crippen MR) is 77.5 cm³/mol. The van der Waals surface area contributed by atoms with Gasteiger partial charge in [-0.25, -0.2) is 9.78 Å². The van der Waals surface area contributed by atoms with Crippen LogP contribution in [0.1, 0.15) is 16.1 Å². The van der Waals surface area contributed by atoms with Crippen LogP contribution in [0.4, 0.5) is 0 Å². The minimum atomic E-state index is -0.356. The van der Waals surface area contributed by atoms with Gasteiger partial charge in [-0.2, -0.15) is 0 Å². The molecule has 0 bridgehead atoms. The molecule has 0 saturated carbocycles. The van der Waals surface area contributed by atoms with E-state index in [1.165, 1.54) is 7.11 Å². The Bertz CT molecular complexity index is 632. The molecule has 0 atom stereocenters. The number of pyridine rings is 1. The summed E-state index contributed by atoms with van der Waals surface area (Å²) >= 11 is 0. The third-order valence-corrected chi connectivity index (χ3v) is 3.73. The molecule has 0 unspecified atom stereocenters. The molecule has 0 aromatic carbocycles. The number of imidazole rings is 1. The molecule has 1 fully saturated rings. The first-order chi connectivity index (χ1) is 10.3. The molecule has 2 aromatic heterocycles. The molecule has 2 aromatic rings. The maximum atomic E-state index is 11.7. The van der Waals surface area contributed by atoms with Crippen LogP contribution in [-0.2, 0) is 15.9 Å². The van der Waals surface area contributed by atoms with E-state index in [1.54, 1.807) is 6.07 Å². The van der Waals surface area contributed by atoms with Gasteiger partial charge in [0.2, 0.25) is 0 Å². The van der Waals surface area contributed by atoms with Crippen LogP contribution in [0.25, 0.3) is 5.65 Å². The number of carbonyl (C=O) groups is 1. The van der Waals surface area contributed by atoms with Crippen molar-refractivity contribution in [1.82, 2.24) is 14.3 Å². The first-order valence-corrected chi connectivity index (χ1v) is 7.13. The lowest BCUT2D eigenvalue weighted by Gasteiger charge is -2.26. The number of esters is 1. The van der Waals surface area contributed by atoms with Gasteiger partial charge in [-0.15, -0.1) is 0 Å². The van der Waals surface area contributed by atoms with Crippen molar-refractivity contribution in [3.63, 3.8) is 0 Å². The first-order valence-electron chi connectivity index (χ1n) is 7.13. The molecule has 0 amide bonds. The Morgan fingerprint density at radius 3 is 3.00 bits per heavy atom. The molecule has 6 heteroatoms. The molecule has 6 nitrogen and oxygen atoms in total. The van der Waals surface area contributed by atoms with Gasteiger partial charge in [0.25, 0.3) is 0 Å². The van der Waals surface area contributed by atoms with Crippen LogP contribution in [0.2, 0.25) is 0 Å². The SMILES string of the molecule is COC(=O)c1cccn2cc(CCN3CCOCC3)nc12. The Morgan fingerprint density at radius 2 is 2.24 bits per heavy atom.